The average Bonchev–Trinajstić information content (AvgIpc) is 3.39. The first-order valence-electron chi connectivity index (χ1n) is 29.2. The number of benzene rings is 2. The molecule has 0 saturated heterocycles. The Bertz CT molecular complexity index is 2360. The van der Waals surface area contributed by atoms with Crippen LogP contribution in [0.25, 0.3) is 0 Å². The quantitative estimate of drug-likeness (QED) is 0.0287. The van der Waals surface area contributed by atoms with Gasteiger partial charge in [-0.3, -0.25) is 13.7 Å². The van der Waals surface area contributed by atoms with Gasteiger partial charge in [0.25, 0.3) is 0 Å². The number of hydrogen-bond donors (Lipinski definition) is 1. The Kier molecular flexibility index (Phi) is 57.5. The Hall–Kier alpha value is -2.74. The van der Waals surface area contributed by atoms with Crippen molar-refractivity contribution in [2.24, 2.45) is 23.7 Å². The second-order valence-electron chi connectivity index (χ2n) is 20.4. The van der Waals surface area contributed by atoms with E-state index in [1.54, 1.807) is 11.8 Å². The zero-order valence-corrected chi connectivity index (χ0v) is 58.9. The molecule has 0 saturated carbocycles. The smallest absolute Gasteiger partial charge is 0.343 e. The number of thioether (sulfide) groups is 2. The molecular formula is C66H112N3O10P3S4. The van der Waals surface area contributed by atoms with Gasteiger partial charge in [-0.25, -0.2) is 0 Å². The predicted octanol–water partition coefficient (Wildman–Crippen LogP) is 22.2. The largest absolute Gasteiger partial charge is 0.475 e. The van der Waals surface area contributed by atoms with Crippen LogP contribution in [0.15, 0.2) is 110 Å². The van der Waals surface area contributed by atoms with Crippen molar-refractivity contribution in [1.82, 2.24) is 0 Å². The van der Waals surface area contributed by atoms with Gasteiger partial charge in [0.15, 0.2) is 0 Å². The number of nitrogens with zero attached hydrogens (tertiary/aromatic N) is 3. The van der Waals surface area contributed by atoms with E-state index in [-0.39, 0.29) is 32.4 Å². The van der Waals surface area contributed by atoms with Gasteiger partial charge in [-0.05, 0) is 155 Å². The molecule has 0 aliphatic carbocycles. The van der Waals surface area contributed by atoms with Crippen molar-refractivity contribution in [3.05, 3.63) is 121 Å². The average molecular weight is 1330 g/mol. The molecule has 0 N–H and O–H groups in total. The van der Waals surface area contributed by atoms with Gasteiger partial charge in [-0.1, -0.05) is 165 Å². The zero-order valence-electron chi connectivity index (χ0n) is 52.9. The van der Waals surface area contributed by atoms with E-state index in [1.165, 1.54) is 73.0 Å². The van der Waals surface area contributed by atoms with E-state index in [0.717, 1.165) is 62.5 Å². The first kappa shape index (κ1) is 89.7. The summed E-state index contributed by atoms with van der Waals surface area (Å²) in [4.78, 5) is -1.36. The maximum atomic E-state index is 12.9. The van der Waals surface area contributed by atoms with E-state index in [9.17, 15) is 13.7 Å². The van der Waals surface area contributed by atoms with E-state index in [4.69, 9.17) is 59.9 Å². The number of rotatable bonds is 40. The minimum absolute atomic E-state index is 0. The SMILES string of the molecule is C.C.C=CC(CC/C=C/CC)CC(C)c1ccccc1.C=CC(CC/C=C/CC)CC(CC(C)CCSC(CCC#N)P(=O)(OC)OC)c1ccccc1.COP(=O)(OC)C(CCC#N)SC(=S)OC(C)C(C)C.COP(=O)(OC)C(S)CCC#N. The topological polar surface area (TPSA) is 187 Å². The maximum Gasteiger partial charge on any atom is 0.343 e. The van der Waals surface area contributed by atoms with Crippen LogP contribution in [0.4, 0.5) is 0 Å². The van der Waals surface area contributed by atoms with Crippen molar-refractivity contribution in [3.63, 3.8) is 0 Å². The summed E-state index contributed by atoms with van der Waals surface area (Å²) in [5.74, 6) is 3.93. The molecule has 0 heterocycles. The Morgan fingerprint density at radius 2 is 1.01 bits per heavy atom. The van der Waals surface area contributed by atoms with Gasteiger partial charge in [0.05, 0.1) is 24.3 Å². The third-order valence-electron chi connectivity index (χ3n) is 13.9. The number of thiol groups is 1. The summed E-state index contributed by atoms with van der Waals surface area (Å²) < 4.78 is 72.5. The van der Waals surface area contributed by atoms with Crippen LogP contribution in [0.2, 0.25) is 0 Å². The fourth-order valence-corrected chi connectivity index (χ4v) is 17.7. The number of thiocarbonyl (C=S) groups is 1. The van der Waals surface area contributed by atoms with Crippen LogP contribution in [-0.4, -0.2) is 73.9 Å². The van der Waals surface area contributed by atoms with Crippen molar-refractivity contribution in [1.29, 1.82) is 15.8 Å². The molecule has 9 atom stereocenters. The lowest BCUT2D eigenvalue weighted by molar-refractivity contribution is 0.168. The zero-order chi connectivity index (χ0) is 63.8. The second kappa shape index (κ2) is 55.1. The Morgan fingerprint density at radius 3 is 1.43 bits per heavy atom. The molecule has 0 spiro atoms. The minimum Gasteiger partial charge on any atom is -0.475 e. The fraction of sp³-hybridized carbons (Fsp3) is 0.636. The summed E-state index contributed by atoms with van der Waals surface area (Å²) in [5.41, 5.74) is 2.83. The van der Waals surface area contributed by atoms with Crippen molar-refractivity contribution in [2.45, 2.75) is 199 Å². The lowest BCUT2D eigenvalue weighted by Crippen LogP contribution is -2.19. The van der Waals surface area contributed by atoms with Crippen LogP contribution in [0.5, 0.6) is 0 Å². The summed E-state index contributed by atoms with van der Waals surface area (Å²) in [6.07, 6.45) is 26.7. The highest BCUT2D eigenvalue weighted by atomic mass is 32.2. The molecule has 2 rings (SSSR count). The van der Waals surface area contributed by atoms with E-state index in [2.05, 4.69) is 157 Å². The second-order valence-corrected chi connectivity index (χ2v) is 32.6. The molecular weight excluding hydrogens is 1220 g/mol. The Labute approximate surface area is 544 Å². The van der Waals surface area contributed by atoms with E-state index in [1.807, 2.05) is 32.9 Å². The molecule has 0 aliphatic rings. The molecule has 9 unspecified atom stereocenters. The van der Waals surface area contributed by atoms with Crippen molar-refractivity contribution >= 4 is 75.5 Å². The normalized spacial score (nSPS) is 14.5. The predicted molar refractivity (Wildman–Crippen MR) is 378 cm³/mol. The molecule has 0 bridgehead atoms. The first-order valence-corrected chi connectivity index (χ1v) is 36.9. The fourth-order valence-electron chi connectivity index (χ4n) is 8.40. The molecule has 20 heteroatoms. The van der Waals surface area contributed by atoms with E-state index in [0.29, 0.717) is 72.0 Å². The number of hydrogen-bond acceptors (Lipinski definition) is 17. The van der Waals surface area contributed by atoms with Crippen LogP contribution in [-0.2, 0) is 45.6 Å². The lowest BCUT2D eigenvalue weighted by atomic mass is 9.81. The lowest BCUT2D eigenvalue weighted by Gasteiger charge is -2.26. The molecule has 0 aliphatic heterocycles. The van der Waals surface area contributed by atoms with Gasteiger partial charge >= 0.3 is 22.8 Å². The summed E-state index contributed by atoms with van der Waals surface area (Å²) in [5, 5.41) is 25.9. The van der Waals surface area contributed by atoms with Crippen LogP contribution >= 0.6 is 71.2 Å². The molecule has 2 aromatic rings. The highest BCUT2D eigenvalue weighted by molar-refractivity contribution is 8.25. The summed E-state index contributed by atoms with van der Waals surface area (Å²) >= 11 is 12.0. The molecule has 0 fully saturated rings. The standard InChI is InChI=1S/C28H44NO3PS.C18H26.C12H22NO4PS2.C6H12NO3PS.2CH4/c1-6-8-9-11-15-25(7-2)23-27(26-16-12-10-13-17-26)22-24(3)19-21-34-28(18-14-20-29)33(30,31-4)32-5;1-4-6-7-9-12-17(5-2)15-16(3)18-13-10-8-11-14-18;1-9(2)10(3)17-12(19)20-11(7-6-8-13)18(14,15-4)16-5;1-9-11(8,10-2)6(12)4-3-5-7;;/h7-10,12-13,16-17,24-25,27-28H,2,6,11,14-15,18-19,21-23H2,1,3-5H3;5-8,10-11,13-14,16-17H,2,4,9,12,15H2,1,3H3;9-11H,6-7H2,1-5H3;6,12H,3-4H2,1-2H3;2*1H4/b9-8+;7-6+;;;;. The van der Waals surface area contributed by atoms with Crippen LogP contribution in [0.1, 0.15) is 189 Å². The van der Waals surface area contributed by atoms with Gasteiger partial charge < -0.3 is 31.9 Å². The van der Waals surface area contributed by atoms with Gasteiger partial charge in [0, 0.05) is 61.9 Å². The highest BCUT2D eigenvalue weighted by Gasteiger charge is 2.37. The van der Waals surface area contributed by atoms with Gasteiger partial charge in [0.1, 0.15) is 15.0 Å². The third kappa shape index (κ3) is 39.4. The van der Waals surface area contributed by atoms with Crippen molar-refractivity contribution < 1.29 is 45.6 Å². The molecule has 0 aromatic heterocycles. The van der Waals surface area contributed by atoms with E-state index >= 15 is 0 Å². The summed E-state index contributed by atoms with van der Waals surface area (Å²) in [7, 11) is -1.48. The monoisotopic (exact) mass is 1330 g/mol. The number of nitriles is 3. The highest BCUT2D eigenvalue weighted by Crippen LogP contribution is 2.59. The molecule has 86 heavy (non-hydrogen) atoms. The Morgan fingerprint density at radius 1 is 0.593 bits per heavy atom. The van der Waals surface area contributed by atoms with Gasteiger partial charge in [-0.2, -0.15) is 28.4 Å². The minimum atomic E-state index is -3.30. The molecule has 2 aromatic carbocycles. The van der Waals surface area contributed by atoms with Crippen molar-refractivity contribution in [2.75, 3.05) is 48.4 Å². The third-order valence-corrected chi connectivity index (χ3v) is 25.6. The van der Waals surface area contributed by atoms with Gasteiger partial charge in [-0.15, -0.1) is 24.9 Å². The first-order chi connectivity index (χ1) is 40.1. The molecule has 13 nitrogen and oxygen atoms in total. The Balaban J connectivity index is -0.000000556. The van der Waals surface area contributed by atoms with E-state index < -0.39 is 32.8 Å². The maximum absolute atomic E-state index is 12.9. The van der Waals surface area contributed by atoms with Crippen molar-refractivity contribution in [3.8, 4) is 18.2 Å². The molecule has 490 valence electrons. The van der Waals surface area contributed by atoms with Crippen LogP contribution in [0.3, 0.4) is 0 Å². The summed E-state index contributed by atoms with van der Waals surface area (Å²) in [6.45, 7) is 23.0. The number of allylic oxidation sites excluding steroid dienone is 6. The summed E-state index contributed by atoms with van der Waals surface area (Å²) in [6, 6.07) is 27.7. The molecule has 0 radical (unpaired) electrons. The van der Waals surface area contributed by atoms with Crippen LogP contribution < -0.4 is 0 Å². The number of ether oxygens (including phenoxy) is 1. The van der Waals surface area contributed by atoms with Gasteiger partial charge in [0.2, 0.25) is 4.38 Å². The van der Waals surface area contributed by atoms with Crippen LogP contribution in [0, 0.1) is 57.7 Å². The molecule has 0 amide bonds.